The summed E-state index contributed by atoms with van der Waals surface area (Å²) in [4.78, 5) is 28.3. The Kier molecular flexibility index (Phi) is 8.63. The summed E-state index contributed by atoms with van der Waals surface area (Å²) in [7, 11) is 3.44. The standard InChI is InChI=1S/C27H33N5O5/c1-20(33)32-13-11-31(12-14-32)15-16-36-26-8-7-21(17-24(26)25-9-10-28-30(25)2)29-27(34)19-37-23-6-4-5-22(18-23)35-3/h4-10,17-18H,11-16,19H2,1-3H3,(H,29,34). The van der Waals surface area contributed by atoms with E-state index in [0.717, 1.165) is 44.0 Å². The number of nitrogens with one attached hydrogen (secondary N) is 1. The van der Waals surface area contributed by atoms with E-state index in [-0.39, 0.29) is 18.4 Å². The highest BCUT2D eigenvalue weighted by atomic mass is 16.5. The maximum atomic E-state index is 12.6. The van der Waals surface area contributed by atoms with Gasteiger partial charge in [-0.2, -0.15) is 5.10 Å². The molecule has 1 aliphatic heterocycles. The van der Waals surface area contributed by atoms with Crippen LogP contribution in [0.4, 0.5) is 5.69 Å². The van der Waals surface area contributed by atoms with Crippen molar-refractivity contribution in [1.29, 1.82) is 0 Å². The van der Waals surface area contributed by atoms with Crippen LogP contribution in [-0.4, -0.2) is 84.4 Å². The van der Waals surface area contributed by atoms with Gasteiger partial charge in [0.05, 0.1) is 12.8 Å². The number of carbonyl (C=O) groups is 2. The number of aryl methyl sites for hydroxylation is 1. The second-order valence-corrected chi connectivity index (χ2v) is 8.76. The third-order valence-electron chi connectivity index (χ3n) is 6.25. The monoisotopic (exact) mass is 507 g/mol. The summed E-state index contributed by atoms with van der Waals surface area (Å²) in [6, 6.07) is 14.6. The number of hydrogen-bond donors (Lipinski definition) is 1. The number of nitrogens with zero attached hydrogens (tertiary/aromatic N) is 4. The summed E-state index contributed by atoms with van der Waals surface area (Å²) in [5, 5.41) is 7.17. The Morgan fingerprint density at radius 1 is 1.00 bits per heavy atom. The Bertz CT molecular complexity index is 1220. The lowest BCUT2D eigenvalue weighted by atomic mass is 10.1. The van der Waals surface area contributed by atoms with Gasteiger partial charge in [0.25, 0.3) is 5.91 Å². The minimum Gasteiger partial charge on any atom is -0.497 e. The van der Waals surface area contributed by atoms with Gasteiger partial charge in [0.15, 0.2) is 6.61 Å². The Morgan fingerprint density at radius 3 is 2.49 bits per heavy atom. The minimum atomic E-state index is -0.280. The van der Waals surface area contributed by atoms with Crippen molar-refractivity contribution in [2.24, 2.45) is 7.05 Å². The minimum absolute atomic E-state index is 0.121. The van der Waals surface area contributed by atoms with Crippen LogP contribution in [0, 0.1) is 0 Å². The summed E-state index contributed by atoms with van der Waals surface area (Å²) < 4.78 is 18.7. The number of benzene rings is 2. The first kappa shape index (κ1) is 26.0. The fourth-order valence-corrected chi connectivity index (χ4v) is 4.18. The molecule has 0 aliphatic carbocycles. The molecule has 3 aromatic rings. The van der Waals surface area contributed by atoms with Gasteiger partial charge in [-0.3, -0.25) is 19.2 Å². The van der Waals surface area contributed by atoms with E-state index in [1.54, 1.807) is 43.1 Å². The zero-order valence-corrected chi connectivity index (χ0v) is 21.5. The average Bonchev–Trinajstić information content (AvgIpc) is 3.34. The van der Waals surface area contributed by atoms with Crippen LogP contribution in [0.1, 0.15) is 6.92 Å². The highest BCUT2D eigenvalue weighted by Gasteiger charge is 2.19. The van der Waals surface area contributed by atoms with Gasteiger partial charge in [0, 0.05) is 70.2 Å². The lowest BCUT2D eigenvalue weighted by Crippen LogP contribution is -2.48. The smallest absolute Gasteiger partial charge is 0.262 e. The predicted octanol–water partition coefficient (Wildman–Crippen LogP) is 2.66. The second-order valence-electron chi connectivity index (χ2n) is 8.76. The molecule has 2 heterocycles. The number of methoxy groups -OCH3 is 1. The topological polar surface area (TPSA) is 98.2 Å². The molecule has 0 spiro atoms. The number of piperazine rings is 1. The van der Waals surface area contributed by atoms with Crippen molar-refractivity contribution in [3.05, 3.63) is 54.7 Å². The summed E-state index contributed by atoms with van der Waals surface area (Å²) >= 11 is 0. The SMILES string of the molecule is COc1cccc(OCC(=O)Nc2ccc(OCCN3CCN(C(C)=O)CC3)c(-c3ccnn3C)c2)c1. The molecule has 4 rings (SSSR count). The third kappa shape index (κ3) is 7.01. The molecule has 0 radical (unpaired) electrons. The lowest BCUT2D eigenvalue weighted by molar-refractivity contribution is -0.130. The lowest BCUT2D eigenvalue weighted by Gasteiger charge is -2.34. The van der Waals surface area contributed by atoms with Crippen LogP contribution in [0.2, 0.25) is 0 Å². The van der Waals surface area contributed by atoms with Crippen LogP contribution >= 0.6 is 0 Å². The Balaban J connectivity index is 1.37. The number of amides is 2. The van der Waals surface area contributed by atoms with Gasteiger partial charge in [-0.15, -0.1) is 0 Å². The molecular formula is C27H33N5O5. The molecule has 10 nitrogen and oxygen atoms in total. The van der Waals surface area contributed by atoms with E-state index in [9.17, 15) is 9.59 Å². The summed E-state index contributed by atoms with van der Waals surface area (Å²) in [5.41, 5.74) is 2.32. The van der Waals surface area contributed by atoms with Crippen LogP contribution in [0.5, 0.6) is 17.2 Å². The highest BCUT2D eigenvalue weighted by molar-refractivity contribution is 5.93. The van der Waals surface area contributed by atoms with Crippen LogP contribution in [0.25, 0.3) is 11.3 Å². The maximum Gasteiger partial charge on any atom is 0.262 e. The molecule has 1 aliphatic rings. The van der Waals surface area contributed by atoms with Crippen molar-refractivity contribution < 1.29 is 23.8 Å². The van der Waals surface area contributed by atoms with Crippen LogP contribution in [-0.2, 0) is 16.6 Å². The number of rotatable bonds is 10. The van der Waals surface area contributed by atoms with Crippen LogP contribution in [0.3, 0.4) is 0 Å². The van der Waals surface area contributed by atoms with Gasteiger partial charge in [0.1, 0.15) is 23.9 Å². The van der Waals surface area contributed by atoms with Crippen molar-refractivity contribution in [3.63, 3.8) is 0 Å². The number of ether oxygens (including phenoxy) is 3. The Morgan fingerprint density at radius 2 is 1.78 bits per heavy atom. The fraction of sp³-hybridized carbons (Fsp3) is 0.370. The molecule has 2 aromatic carbocycles. The molecule has 1 saturated heterocycles. The molecule has 1 aromatic heterocycles. The van der Waals surface area contributed by atoms with Gasteiger partial charge in [-0.25, -0.2) is 0 Å². The molecule has 10 heteroatoms. The van der Waals surface area contributed by atoms with Gasteiger partial charge < -0.3 is 24.4 Å². The van der Waals surface area contributed by atoms with Crippen molar-refractivity contribution in [2.75, 3.05) is 58.4 Å². The Hall–Kier alpha value is -4.05. The highest BCUT2D eigenvalue weighted by Crippen LogP contribution is 2.32. The van der Waals surface area contributed by atoms with E-state index in [4.69, 9.17) is 14.2 Å². The predicted molar refractivity (Wildman–Crippen MR) is 140 cm³/mol. The average molecular weight is 508 g/mol. The largest absolute Gasteiger partial charge is 0.497 e. The number of anilines is 1. The normalized spacial score (nSPS) is 13.8. The molecule has 1 N–H and O–H groups in total. The second kappa shape index (κ2) is 12.3. The molecule has 0 unspecified atom stereocenters. The van der Waals surface area contributed by atoms with Crippen molar-refractivity contribution in [1.82, 2.24) is 19.6 Å². The van der Waals surface area contributed by atoms with E-state index in [1.807, 2.05) is 42.3 Å². The first-order valence-corrected chi connectivity index (χ1v) is 12.2. The van der Waals surface area contributed by atoms with E-state index in [0.29, 0.717) is 29.5 Å². The van der Waals surface area contributed by atoms with Gasteiger partial charge in [0.2, 0.25) is 5.91 Å². The maximum absolute atomic E-state index is 12.6. The molecule has 1 fully saturated rings. The molecule has 0 saturated carbocycles. The summed E-state index contributed by atoms with van der Waals surface area (Å²) in [6.07, 6.45) is 1.72. The Labute approximate surface area is 216 Å². The molecule has 2 amide bonds. The van der Waals surface area contributed by atoms with Crippen molar-refractivity contribution >= 4 is 17.5 Å². The number of aromatic nitrogens is 2. The number of hydrogen-bond acceptors (Lipinski definition) is 7. The zero-order chi connectivity index (χ0) is 26.2. The van der Waals surface area contributed by atoms with E-state index in [1.165, 1.54) is 0 Å². The van der Waals surface area contributed by atoms with E-state index in [2.05, 4.69) is 15.3 Å². The van der Waals surface area contributed by atoms with Gasteiger partial charge in [-0.1, -0.05) is 6.07 Å². The zero-order valence-electron chi connectivity index (χ0n) is 21.5. The first-order valence-electron chi connectivity index (χ1n) is 12.2. The van der Waals surface area contributed by atoms with Crippen LogP contribution in [0.15, 0.2) is 54.7 Å². The first-order chi connectivity index (χ1) is 17.9. The van der Waals surface area contributed by atoms with Gasteiger partial charge >= 0.3 is 0 Å². The summed E-state index contributed by atoms with van der Waals surface area (Å²) in [5.74, 6) is 1.76. The molecule has 0 atom stereocenters. The molecular weight excluding hydrogens is 474 g/mol. The third-order valence-corrected chi connectivity index (χ3v) is 6.25. The van der Waals surface area contributed by atoms with E-state index < -0.39 is 0 Å². The van der Waals surface area contributed by atoms with Crippen LogP contribution < -0.4 is 19.5 Å². The summed E-state index contributed by atoms with van der Waals surface area (Å²) in [6.45, 7) is 5.89. The fourth-order valence-electron chi connectivity index (χ4n) is 4.18. The quantitative estimate of drug-likeness (QED) is 0.451. The molecule has 196 valence electrons. The van der Waals surface area contributed by atoms with Crippen molar-refractivity contribution in [2.45, 2.75) is 6.92 Å². The molecule has 0 bridgehead atoms. The van der Waals surface area contributed by atoms with Gasteiger partial charge in [-0.05, 0) is 36.4 Å². The number of carbonyl (C=O) groups excluding carboxylic acids is 2. The van der Waals surface area contributed by atoms with Crippen molar-refractivity contribution in [3.8, 4) is 28.5 Å². The molecule has 37 heavy (non-hydrogen) atoms. The van der Waals surface area contributed by atoms with E-state index >= 15 is 0 Å².